The number of rotatable bonds is 5. The SMILES string of the molecule is COCc1nc(Oc2ccc(F)c(F)c2)c2c(-c3ccccc3)csc2n1. The van der Waals surface area contributed by atoms with Crippen molar-refractivity contribution in [1.29, 1.82) is 0 Å². The standard InChI is InChI=1S/C20H14F2N2O2S/c1-25-10-17-23-19(26-13-7-8-15(21)16(22)9-13)18-14(11-27-20(18)24-17)12-5-3-2-4-6-12/h2-9,11H,10H2,1H3. The van der Waals surface area contributed by atoms with Crippen LogP contribution in [0.1, 0.15) is 5.82 Å². The number of hydrogen-bond donors (Lipinski definition) is 0. The molecule has 0 aliphatic heterocycles. The molecule has 136 valence electrons. The molecule has 2 heterocycles. The summed E-state index contributed by atoms with van der Waals surface area (Å²) in [6.45, 7) is 0.211. The molecule has 4 aromatic rings. The van der Waals surface area contributed by atoms with Gasteiger partial charge in [0.05, 0.1) is 5.39 Å². The minimum atomic E-state index is -0.983. The van der Waals surface area contributed by atoms with Gasteiger partial charge in [-0.1, -0.05) is 30.3 Å². The van der Waals surface area contributed by atoms with Gasteiger partial charge in [-0.2, -0.15) is 4.98 Å². The maximum atomic E-state index is 13.6. The van der Waals surface area contributed by atoms with E-state index >= 15 is 0 Å². The van der Waals surface area contributed by atoms with Gasteiger partial charge in [-0.3, -0.25) is 0 Å². The van der Waals surface area contributed by atoms with Gasteiger partial charge in [0.25, 0.3) is 0 Å². The fourth-order valence-corrected chi connectivity index (χ4v) is 3.66. The van der Waals surface area contributed by atoms with Crippen LogP contribution in [0.3, 0.4) is 0 Å². The van der Waals surface area contributed by atoms with Gasteiger partial charge in [0.1, 0.15) is 17.2 Å². The second-order valence-electron chi connectivity index (χ2n) is 5.75. The van der Waals surface area contributed by atoms with Gasteiger partial charge in [-0.25, -0.2) is 13.8 Å². The van der Waals surface area contributed by atoms with Crippen molar-refractivity contribution in [3.05, 3.63) is 71.4 Å². The van der Waals surface area contributed by atoms with Gasteiger partial charge in [0.2, 0.25) is 5.88 Å². The molecule has 0 amide bonds. The molecule has 2 aromatic carbocycles. The molecular formula is C20H14F2N2O2S. The van der Waals surface area contributed by atoms with Crippen LogP contribution in [0.2, 0.25) is 0 Å². The van der Waals surface area contributed by atoms with Crippen LogP contribution in [-0.2, 0) is 11.3 Å². The number of ether oxygens (including phenoxy) is 2. The molecule has 0 atom stereocenters. The molecule has 0 spiro atoms. The Kier molecular flexibility index (Phi) is 4.79. The molecule has 0 bridgehead atoms. The maximum Gasteiger partial charge on any atom is 0.232 e. The molecule has 0 fully saturated rings. The van der Waals surface area contributed by atoms with E-state index in [0.717, 1.165) is 33.5 Å². The number of fused-ring (bicyclic) bond motifs is 1. The van der Waals surface area contributed by atoms with Crippen LogP contribution in [0.15, 0.2) is 53.9 Å². The Balaban J connectivity index is 1.87. The zero-order valence-corrected chi connectivity index (χ0v) is 15.1. The highest BCUT2D eigenvalue weighted by molar-refractivity contribution is 7.17. The van der Waals surface area contributed by atoms with Gasteiger partial charge in [-0.15, -0.1) is 11.3 Å². The molecule has 0 aliphatic carbocycles. The molecule has 0 radical (unpaired) electrons. The molecule has 2 aromatic heterocycles. The first kappa shape index (κ1) is 17.5. The van der Waals surface area contributed by atoms with Crippen molar-refractivity contribution < 1.29 is 18.3 Å². The van der Waals surface area contributed by atoms with E-state index in [9.17, 15) is 8.78 Å². The minimum absolute atomic E-state index is 0.155. The number of methoxy groups -OCH3 is 1. The van der Waals surface area contributed by atoms with E-state index in [1.54, 1.807) is 7.11 Å². The zero-order valence-electron chi connectivity index (χ0n) is 14.3. The van der Waals surface area contributed by atoms with Crippen LogP contribution >= 0.6 is 11.3 Å². The Labute approximate surface area is 158 Å². The monoisotopic (exact) mass is 384 g/mol. The van der Waals surface area contributed by atoms with Crippen molar-refractivity contribution >= 4 is 21.6 Å². The summed E-state index contributed by atoms with van der Waals surface area (Å²) in [6, 6.07) is 13.1. The molecule has 0 unspecified atom stereocenters. The van der Waals surface area contributed by atoms with Crippen LogP contribution in [0.4, 0.5) is 8.78 Å². The Hall–Kier alpha value is -2.90. The Morgan fingerprint density at radius 3 is 2.56 bits per heavy atom. The summed E-state index contributed by atoms with van der Waals surface area (Å²) < 4.78 is 37.7. The lowest BCUT2D eigenvalue weighted by Crippen LogP contribution is -2.00. The topological polar surface area (TPSA) is 44.2 Å². The van der Waals surface area contributed by atoms with Crippen molar-refractivity contribution in [3.63, 3.8) is 0 Å². The number of thiophene rings is 1. The van der Waals surface area contributed by atoms with E-state index < -0.39 is 11.6 Å². The fraction of sp³-hybridized carbons (Fsp3) is 0.100. The molecule has 4 nitrogen and oxygen atoms in total. The average Bonchev–Trinajstić information content (AvgIpc) is 3.10. The van der Waals surface area contributed by atoms with Gasteiger partial charge in [-0.05, 0) is 17.7 Å². The predicted molar refractivity (Wildman–Crippen MR) is 100.0 cm³/mol. The van der Waals surface area contributed by atoms with Crippen molar-refractivity contribution in [1.82, 2.24) is 9.97 Å². The summed E-state index contributed by atoms with van der Waals surface area (Å²) >= 11 is 1.46. The summed E-state index contributed by atoms with van der Waals surface area (Å²) in [5, 5.41) is 2.69. The van der Waals surface area contributed by atoms with E-state index in [1.807, 2.05) is 35.7 Å². The second-order valence-corrected chi connectivity index (χ2v) is 6.61. The first-order chi connectivity index (χ1) is 13.2. The Morgan fingerprint density at radius 2 is 1.81 bits per heavy atom. The first-order valence-corrected chi connectivity index (χ1v) is 8.99. The summed E-state index contributed by atoms with van der Waals surface area (Å²) in [7, 11) is 1.55. The average molecular weight is 384 g/mol. The van der Waals surface area contributed by atoms with E-state index in [0.29, 0.717) is 5.82 Å². The van der Waals surface area contributed by atoms with Crippen LogP contribution in [-0.4, -0.2) is 17.1 Å². The number of benzene rings is 2. The Bertz CT molecular complexity index is 1100. The van der Waals surface area contributed by atoms with E-state index in [2.05, 4.69) is 9.97 Å². The van der Waals surface area contributed by atoms with Crippen molar-refractivity contribution in [2.24, 2.45) is 0 Å². The molecular weight excluding hydrogens is 370 g/mol. The van der Waals surface area contributed by atoms with Crippen LogP contribution < -0.4 is 4.74 Å². The number of aromatic nitrogens is 2. The predicted octanol–water partition coefficient (Wildman–Crippen LogP) is 5.58. The number of halogens is 2. The number of nitrogens with zero attached hydrogens (tertiary/aromatic N) is 2. The third-order valence-electron chi connectivity index (χ3n) is 3.91. The third-order valence-corrected chi connectivity index (χ3v) is 4.78. The smallest absolute Gasteiger partial charge is 0.232 e. The molecule has 0 aliphatic rings. The van der Waals surface area contributed by atoms with Crippen molar-refractivity contribution in [2.75, 3.05) is 7.11 Å². The quantitative estimate of drug-likeness (QED) is 0.451. The highest BCUT2D eigenvalue weighted by Crippen LogP contribution is 2.39. The molecule has 27 heavy (non-hydrogen) atoms. The maximum absolute atomic E-state index is 13.6. The highest BCUT2D eigenvalue weighted by Gasteiger charge is 2.17. The third kappa shape index (κ3) is 3.51. The molecule has 0 saturated heterocycles. The lowest BCUT2D eigenvalue weighted by atomic mass is 10.1. The second kappa shape index (κ2) is 7.38. The van der Waals surface area contributed by atoms with Crippen LogP contribution in [0, 0.1) is 11.6 Å². The van der Waals surface area contributed by atoms with Gasteiger partial charge in [0, 0.05) is 24.1 Å². The first-order valence-electron chi connectivity index (χ1n) is 8.11. The van der Waals surface area contributed by atoms with Crippen molar-refractivity contribution in [2.45, 2.75) is 6.61 Å². The van der Waals surface area contributed by atoms with Gasteiger partial charge >= 0.3 is 0 Å². The largest absolute Gasteiger partial charge is 0.438 e. The molecule has 0 saturated carbocycles. The molecule has 7 heteroatoms. The fourth-order valence-electron chi connectivity index (χ4n) is 2.70. The minimum Gasteiger partial charge on any atom is -0.438 e. The van der Waals surface area contributed by atoms with Crippen LogP contribution in [0.5, 0.6) is 11.6 Å². The summed E-state index contributed by atoms with van der Waals surface area (Å²) in [5.41, 5.74) is 1.90. The van der Waals surface area contributed by atoms with Gasteiger partial charge in [0.15, 0.2) is 17.5 Å². The molecule has 4 rings (SSSR count). The summed E-state index contributed by atoms with van der Waals surface area (Å²) in [4.78, 5) is 9.67. The normalized spacial score (nSPS) is 11.1. The van der Waals surface area contributed by atoms with E-state index in [-0.39, 0.29) is 18.2 Å². The van der Waals surface area contributed by atoms with E-state index in [1.165, 1.54) is 17.4 Å². The molecule has 0 N–H and O–H groups in total. The zero-order chi connectivity index (χ0) is 18.8. The van der Waals surface area contributed by atoms with Crippen molar-refractivity contribution in [3.8, 4) is 22.8 Å². The number of hydrogen-bond acceptors (Lipinski definition) is 5. The Morgan fingerprint density at radius 1 is 1.00 bits per heavy atom. The lowest BCUT2D eigenvalue weighted by molar-refractivity contribution is 0.177. The van der Waals surface area contributed by atoms with Gasteiger partial charge < -0.3 is 9.47 Å². The summed E-state index contributed by atoms with van der Waals surface area (Å²) in [5.74, 6) is -1.04. The highest BCUT2D eigenvalue weighted by atomic mass is 32.1. The lowest BCUT2D eigenvalue weighted by Gasteiger charge is -2.10. The van der Waals surface area contributed by atoms with Crippen LogP contribution in [0.25, 0.3) is 21.3 Å². The summed E-state index contributed by atoms with van der Waals surface area (Å²) in [6.07, 6.45) is 0. The van der Waals surface area contributed by atoms with E-state index in [4.69, 9.17) is 9.47 Å².